The van der Waals surface area contributed by atoms with Gasteiger partial charge in [-0.2, -0.15) is 0 Å². The predicted octanol–water partition coefficient (Wildman–Crippen LogP) is 3.93. The molecule has 0 saturated heterocycles. The van der Waals surface area contributed by atoms with E-state index in [1.54, 1.807) is 7.11 Å². The topological polar surface area (TPSA) is 65.4 Å². The monoisotopic (exact) mass is 381 g/mol. The number of benzene rings is 2. The lowest BCUT2D eigenvalue weighted by Crippen LogP contribution is -2.24. The number of hydrogen-bond acceptors (Lipinski definition) is 4. The van der Waals surface area contributed by atoms with Gasteiger partial charge in [-0.3, -0.25) is 4.79 Å². The summed E-state index contributed by atoms with van der Waals surface area (Å²) in [6.45, 7) is 3.75. The largest absolute Gasteiger partial charge is 0.493 e. The molecule has 148 valence electrons. The molecule has 0 fully saturated rings. The molecular formula is C22H27N3O3. The number of carbonyl (C=O) groups excluding carboxylic acids is 1. The SMILES string of the molecule is CCCC(=O)NCc1nc2ccccc2n1CCCOc1ccccc1OC. The van der Waals surface area contributed by atoms with Crippen LogP contribution in [0.25, 0.3) is 11.0 Å². The minimum atomic E-state index is 0.0561. The number of nitrogens with zero attached hydrogens (tertiary/aromatic N) is 2. The highest BCUT2D eigenvalue weighted by Crippen LogP contribution is 2.26. The van der Waals surface area contributed by atoms with Gasteiger partial charge in [0.05, 0.1) is 31.3 Å². The van der Waals surface area contributed by atoms with Crippen LogP contribution in [-0.4, -0.2) is 29.2 Å². The Hall–Kier alpha value is -3.02. The van der Waals surface area contributed by atoms with Crippen LogP contribution in [0.2, 0.25) is 0 Å². The zero-order chi connectivity index (χ0) is 19.8. The highest BCUT2D eigenvalue weighted by molar-refractivity contribution is 5.77. The van der Waals surface area contributed by atoms with E-state index in [1.807, 2.05) is 49.4 Å². The van der Waals surface area contributed by atoms with E-state index in [0.717, 1.165) is 47.7 Å². The van der Waals surface area contributed by atoms with Gasteiger partial charge in [0.25, 0.3) is 0 Å². The number of imidazole rings is 1. The van der Waals surface area contributed by atoms with Crippen LogP contribution in [0, 0.1) is 0 Å². The molecule has 28 heavy (non-hydrogen) atoms. The highest BCUT2D eigenvalue weighted by atomic mass is 16.5. The fourth-order valence-electron chi connectivity index (χ4n) is 3.15. The first kappa shape index (κ1) is 19.7. The highest BCUT2D eigenvalue weighted by Gasteiger charge is 2.11. The lowest BCUT2D eigenvalue weighted by atomic mass is 10.3. The maximum atomic E-state index is 11.8. The molecule has 1 N–H and O–H groups in total. The van der Waals surface area contributed by atoms with Crippen molar-refractivity contribution in [2.24, 2.45) is 0 Å². The Morgan fingerprint density at radius 1 is 1.11 bits per heavy atom. The summed E-state index contributed by atoms with van der Waals surface area (Å²) in [6, 6.07) is 15.7. The molecule has 1 aromatic heterocycles. The Kier molecular flexibility index (Phi) is 6.89. The molecule has 0 atom stereocenters. The number of ether oxygens (including phenoxy) is 2. The van der Waals surface area contributed by atoms with Crippen LogP contribution in [0.1, 0.15) is 32.0 Å². The fourth-order valence-corrected chi connectivity index (χ4v) is 3.15. The number of methoxy groups -OCH3 is 1. The zero-order valence-corrected chi connectivity index (χ0v) is 16.5. The van der Waals surface area contributed by atoms with Gasteiger partial charge in [-0.1, -0.05) is 31.2 Å². The number of rotatable bonds is 10. The van der Waals surface area contributed by atoms with E-state index in [-0.39, 0.29) is 5.91 Å². The van der Waals surface area contributed by atoms with Gasteiger partial charge in [-0.15, -0.1) is 0 Å². The molecule has 6 nitrogen and oxygen atoms in total. The first-order chi connectivity index (χ1) is 13.7. The molecule has 0 aliphatic rings. The summed E-state index contributed by atoms with van der Waals surface area (Å²) in [6.07, 6.45) is 2.18. The van der Waals surface area contributed by atoms with Crippen molar-refractivity contribution < 1.29 is 14.3 Å². The number of aromatic nitrogens is 2. The first-order valence-electron chi connectivity index (χ1n) is 9.69. The summed E-state index contributed by atoms with van der Waals surface area (Å²) in [5.41, 5.74) is 2.01. The summed E-state index contributed by atoms with van der Waals surface area (Å²) in [4.78, 5) is 16.5. The molecule has 0 radical (unpaired) electrons. The summed E-state index contributed by atoms with van der Waals surface area (Å²) in [5, 5.41) is 2.96. The quantitative estimate of drug-likeness (QED) is 0.541. The van der Waals surface area contributed by atoms with Crippen LogP contribution in [0.5, 0.6) is 11.5 Å². The summed E-state index contributed by atoms with van der Waals surface area (Å²) in [7, 11) is 1.64. The Morgan fingerprint density at radius 2 is 1.86 bits per heavy atom. The van der Waals surface area contributed by atoms with E-state index in [9.17, 15) is 4.79 Å². The van der Waals surface area contributed by atoms with E-state index in [0.29, 0.717) is 19.6 Å². The Labute approximate surface area is 165 Å². The number of para-hydroxylation sites is 4. The number of nitrogens with one attached hydrogen (secondary N) is 1. The van der Waals surface area contributed by atoms with Gasteiger partial charge in [-0.05, 0) is 37.1 Å². The number of hydrogen-bond donors (Lipinski definition) is 1. The molecule has 2 aromatic carbocycles. The predicted molar refractivity (Wildman–Crippen MR) is 110 cm³/mol. The average molecular weight is 381 g/mol. The van der Waals surface area contributed by atoms with Crippen molar-refractivity contribution >= 4 is 16.9 Å². The van der Waals surface area contributed by atoms with Crippen LogP contribution in [0.4, 0.5) is 0 Å². The zero-order valence-electron chi connectivity index (χ0n) is 16.5. The van der Waals surface area contributed by atoms with E-state index in [2.05, 4.69) is 16.0 Å². The van der Waals surface area contributed by atoms with Crippen molar-refractivity contribution in [3.05, 3.63) is 54.4 Å². The van der Waals surface area contributed by atoms with Gasteiger partial charge in [0.15, 0.2) is 11.5 Å². The van der Waals surface area contributed by atoms with E-state index < -0.39 is 0 Å². The minimum Gasteiger partial charge on any atom is -0.493 e. The lowest BCUT2D eigenvalue weighted by Gasteiger charge is -2.12. The standard InChI is InChI=1S/C22H27N3O3/c1-3-9-22(26)23-16-21-24-17-10-4-5-11-18(17)25(21)14-8-15-28-20-13-7-6-12-19(20)27-2/h4-7,10-13H,3,8-9,14-16H2,1-2H3,(H,23,26). The molecule has 1 amide bonds. The number of carbonyl (C=O) groups is 1. The molecule has 0 bridgehead atoms. The Morgan fingerprint density at radius 3 is 2.64 bits per heavy atom. The van der Waals surface area contributed by atoms with Gasteiger partial charge in [0, 0.05) is 13.0 Å². The van der Waals surface area contributed by atoms with Gasteiger partial charge in [0.1, 0.15) is 5.82 Å². The van der Waals surface area contributed by atoms with Crippen molar-refractivity contribution in [1.29, 1.82) is 0 Å². The summed E-state index contributed by atoms with van der Waals surface area (Å²) < 4.78 is 13.4. The maximum absolute atomic E-state index is 11.8. The second-order valence-electron chi connectivity index (χ2n) is 6.55. The molecule has 0 spiro atoms. The molecule has 0 unspecified atom stereocenters. The smallest absolute Gasteiger partial charge is 0.220 e. The normalized spacial score (nSPS) is 10.8. The number of aryl methyl sites for hydroxylation is 1. The van der Waals surface area contributed by atoms with Crippen LogP contribution in [0.15, 0.2) is 48.5 Å². The van der Waals surface area contributed by atoms with Gasteiger partial charge in [-0.25, -0.2) is 4.98 Å². The first-order valence-corrected chi connectivity index (χ1v) is 9.69. The average Bonchev–Trinajstić information content (AvgIpc) is 3.07. The van der Waals surface area contributed by atoms with Gasteiger partial charge in [0.2, 0.25) is 5.91 Å². The van der Waals surface area contributed by atoms with Crippen molar-refractivity contribution in [3.63, 3.8) is 0 Å². The third-order valence-corrected chi connectivity index (χ3v) is 4.51. The number of fused-ring (bicyclic) bond motifs is 1. The van der Waals surface area contributed by atoms with Crippen molar-refractivity contribution in [2.45, 2.75) is 39.3 Å². The van der Waals surface area contributed by atoms with Gasteiger partial charge >= 0.3 is 0 Å². The third kappa shape index (κ3) is 4.82. The van der Waals surface area contributed by atoms with Crippen LogP contribution < -0.4 is 14.8 Å². The number of amides is 1. The third-order valence-electron chi connectivity index (χ3n) is 4.51. The van der Waals surface area contributed by atoms with Crippen molar-refractivity contribution in [2.75, 3.05) is 13.7 Å². The van der Waals surface area contributed by atoms with Crippen molar-refractivity contribution in [3.8, 4) is 11.5 Å². The Bertz CT molecular complexity index is 920. The van der Waals surface area contributed by atoms with E-state index in [1.165, 1.54) is 0 Å². The molecule has 0 aliphatic heterocycles. The summed E-state index contributed by atoms with van der Waals surface area (Å²) in [5.74, 6) is 2.39. The van der Waals surface area contributed by atoms with Crippen molar-refractivity contribution in [1.82, 2.24) is 14.9 Å². The van der Waals surface area contributed by atoms with Crippen LogP contribution in [-0.2, 0) is 17.9 Å². The molecule has 3 aromatic rings. The molecule has 3 rings (SSSR count). The summed E-state index contributed by atoms with van der Waals surface area (Å²) >= 11 is 0. The fraction of sp³-hybridized carbons (Fsp3) is 0.364. The second-order valence-corrected chi connectivity index (χ2v) is 6.55. The van der Waals surface area contributed by atoms with Crippen LogP contribution in [0.3, 0.4) is 0 Å². The molecule has 0 aliphatic carbocycles. The van der Waals surface area contributed by atoms with E-state index >= 15 is 0 Å². The Balaban J connectivity index is 1.65. The molecule has 0 saturated carbocycles. The molecular weight excluding hydrogens is 354 g/mol. The van der Waals surface area contributed by atoms with Crippen LogP contribution >= 0.6 is 0 Å². The lowest BCUT2D eigenvalue weighted by molar-refractivity contribution is -0.121. The molecule has 6 heteroatoms. The maximum Gasteiger partial charge on any atom is 0.220 e. The minimum absolute atomic E-state index is 0.0561. The second kappa shape index (κ2) is 9.78. The molecule has 1 heterocycles. The van der Waals surface area contributed by atoms with E-state index in [4.69, 9.17) is 14.5 Å². The van der Waals surface area contributed by atoms with Gasteiger partial charge < -0.3 is 19.4 Å².